The van der Waals surface area contributed by atoms with E-state index >= 15 is 0 Å². The number of carbonyl (C=O) groups is 1. The van der Waals surface area contributed by atoms with E-state index in [1.54, 1.807) is 0 Å². The molecule has 274 valence electrons. The van der Waals surface area contributed by atoms with Crippen LogP contribution >= 0.6 is 0 Å². The number of unbranched alkanes of at least 4 members (excludes halogenated alkanes) is 21. The second-order valence-corrected chi connectivity index (χ2v) is 13.7. The van der Waals surface area contributed by atoms with Gasteiger partial charge in [0.15, 0.2) is 6.29 Å². The molecule has 7 atom stereocenters. The molecule has 0 saturated carbocycles. The van der Waals surface area contributed by atoms with Crippen LogP contribution in [-0.2, 0) is 14.3 Å². The third-order valence-corrected chi connectivity index (χ3v) is 9.43. The molecule has 6 N–H and O–H groups in total. The Kier molecular flexibility index (Phi) is 27.4. The van der Waals surface area contributed by atoms with Gasteiger partial charge in [0.05, 0.1) is 25.4 Å². The minimum atomic E-state index is -1.54. The van der Waals surface area contributed by atoms with Gasteiger partial charge in [-0.25, -0.2) is 0 Å². The lowest BCUT2D eigenvalue weighted by molar-refractivity contribution is -0.302. The van der Waals surface area contributed by atoms with Crippen LogP contribution < -0.4 is 5.32 Å². The first-order valence-corrected chi connectivity index (χ1v) is 19.2. The summed E-state index contributed by atoms with van der Waals surface area (Å²) in [5, 5.41) is 53.3. The van der Waals surface area contributed by atoms with Crippen molar-refractivity contribution in [3.63, 3.8) is 0 Å². The second kappa shape index (κ2) is 29.1. The van der Waals surface area contributed by atoms with E-state index in [-0.39, 0.29) is 12.5 Å². The van der Waals surface area contributed by atoms with Gasteiger partial charge in [-0.05, 0) is 12.8 Å². The summed E-state index contributed by atoms with van der Waals surface area (Å²) in [6, 6.07) is -0.707. The van der Waals surface area contributed by atoms with E-state index in [0.717, 1.165) is 19.3 Å². The van der Waals surface area contributed by atoms with E-state index < -0.39 is 49.5 Å². The fraction of sp³-hybridized carbons (Fsp3) is 0.973. The topological polar surface area (TPSA) is 149 Å². The summed E-state index contributed by atoms with van der Waals surface area (Å²) in [5.41, 5.74) is 0. The normalized spacial score (nSPS) is 23.0. The van der Waals surface area contributed by atoms with Gasteiger partial charge in [-0.2, -0.15) is 0 Å². The van der Waals surface area contributed by atoms with Crippen LogP contribution in [-0.4, -0.2) is 87.5 Å². The first-order chi connectivity index (χ1) is 22.3. The molecule has 1 aliphatic heterocycles. The number of aliphatic hydroxyl groups excluding tert-OH is 5. The van der Waals surface area contributed by atoms with Gasteiger partial charge >= 0.3 is 0 Å². The van der Waals surface area contributed by atoms with E-state index in [9.17, 15) is 30.3 Å². The molecular formula is C37H73NO8. The highest BCUT2D eigenvalue weighted by atomic mass is 16.7. The van der Waals surface area contributed by atoms with Crippen LogP contribution in [0.25, 0.3) is 0 Å². The molecule has 0 aromatic carbocycles. The van der Waals surface area contributed by atoms with Gasteiger partial charge in [-0.3, -0.25) is 4.79 Å². The number of rotatable bonds is 31. The predicted molar refractivity (Wildman–Crippen MR) is 184 cm³/mol. The zero-order valence-electron chi connectivity index (χ0n) is 29.6. The minimum absolute atomic E-state index is 0.140. The molecule has 1 rings (SSSR count). The number of hydrogen-bond donors (Lipinski definition) is 6. The van der Waals surface area contributed by atoms with Crippen LogP contribution in [0.2, 0.25) is 0 Å². The molecule has 46 heavy (non-hydrogen) atoms. The fourth-order valence-corrected chi connectivity index (χ4v) is 6.32. The highest BCUT2D eigenvalue weighted by Gasteiger charge is 2.44. The Morgan fingerprint density at radius 1 is 0.652 bits per heavy atom. The quantitative estimate of drug-likeness (QED) is 0.0466. The van der Waals surface area contributed by atoms with Crippen molar-refractivity contribution in [2.24, 2.45) is 0 Å². The van der Waals surface area contributed by atoms with Crippen molar-refractivity contribution in [2.45, 2.75) is 217 Å². The largest absolute Gasteiger partial charge is 0.394 e. The Morgan fingerprint density at radius 2 is 1.09 bits per heavy atom. The molecule has 0 aromatic rings. The Hall–Kier alpha value is -0.810. The SMILES string of the molecule is CCCCCCCCCCCCCCCCCCCCCCCCC(O)C(COC1OC(CO)C(O)C(O)C1O)NC(=O)CCC. The molecule has 0 aliphatic carbocycles. The molecule has 1 saturated heterocycles. The van der Waals surface area contributed by atoms with Crippen molar-refractivity contribution in [3.05, 3.63) is 0 Å². The average Bonchev–Trinajstić information content (AvgIpc) is 3.05. The smallest absolute Gasteiger partial charge is 0.220 e. The molecule has 0 spiro atoms. The van der Waals surface area contributed by atoms with Crippen molar-refractivity contribution in [3.8, 4) is 0 Å². The monoisotopic (exact) mass is 660 g/mol. The summed E-state index contributed by atoms with van der Waals surface area (Å²) < 4.78 is 11.0. The lowest BCUT2D eigenvalue weighted by Gasteiger charge is -2.40. The summed E-state index contributed by atoms with van der Waals surface area (Å²) >= 11 is 0. The number of amides is 1. The number of nitrogens with one attached hydrogen (secondary N) is 1. The Bertz CT molecular complexity index is 696. The average molecular weight is 660 g/mol. The summed E-state index contributed by atoms with van der Waals surface area (Å²) in [6.45, 7) is 3.49. The maximum atomic E-state index is 12.3. The van der Waals surface area contributed by atoms with E-state index in [4.69, 9.17) is 9.47 Å². The van der Waals surface area contributed by atoms with E-state index in [0.29, 0.717) is 19.3 Å². The number of aliphatic hydroxyl groups is 5. The van der Waals surface area contributed by atoms with E-state index in [1.165, 1.54) is 122 Å². The van der Waals surface area contributed by atoms with Gasteiger partial charge in [-0.1, -0.05) is 155 Å². The molecule has 0 radical (unpaired) electrons. The zero-order chi connectivity index (χ0) is 33.8. The minimum Gasteiger partial charge on any atom is -0.394 e. The van der Waals surface area contributed by atoms with Crippen LogP contribution in [0, 0.1) is 0 Å². The molecule has 0 bridgehead atoms. The highest BCUT2D eigenvalue weighted by molar-refractivity contribution is 5.76. The van der Waals surface area contributed by atoms with Crippen molar-refractivity contribution in [1.82, 2.24) is 5.32 Å². The molecule has 7 unspecified atom stereocenters. The third kappa shape index (κ3) is 20.5. The first kappa shape index (κ1) is 43.2. The van der Waals surface area contributed by atoms with Gasteiger partial charge in [0.1, 0.15) is 24.4 Å². The predicted octanol–water partition coefficient (Wildman–Crippen LogP) is 6.44. The molecule has 1 heterocycles. The number of ether oxygens (including phenoxy) is 2. The molecule has 0 aromatic heterocycles. The third-order valence-electron chi connectivity index (χ3n) is 9.43. The summed E-state index contributed by atoms with van der Waals surface area (Å²) in [4.78, 5) is 12.3. The molecule has 1 fully saturated rings. The van der Waals surface area contributed by atoms with Gasteiger partial charge < -0.3 is 40.3 Å². The van der Waals surface area contributed by atoms with Crippen LogP contribution in [0.1, 0.15) is 174 Å². The molecule has 9 heteroatoms. The standard InChI is InChI=1S/C37H73NO8/c1-3-5-6-7-8-9-10-11-12-13-14-15-16-17-18-19-20-21-22-23-24-25-27-31(40)30(38-33(41)26-4-2)29-45-37-36(44)35(43)34(42)32(28-39)46-37/h30-32,34-37,39-40,42-44H,3-29H2,1-2H3,(H,38,41). The van der Waals surface area contributed by atoms with Gasteiger partial charge in [0.2, 0.25) is 5.91 Å². The van der Waals surface area contributed by atoms with Crippen LogP contribution in [0.4, 0.5) is 0 Å². The van der Waals surface area contributed by atoms with Crippen molar-refractivity contribution in [1.29, 1.82) is 0 Å². The zero-order valence-corrected chi connectivity index (χ0v) is 29.6. The maximum absolute atomic E-state index is 12.3. The van der Waals surface area contributed by atoms with Crippen LogP contribution in [0.15, 0.2) is 0 Å². The second-order valence-electron chi connectivity index (χ2n) is 13.7. The van der Waals surface area contributed by atoms with E-state index in [2.05, 4.69) is 12.2 Å². The Labute approximate surface area is 281 Å². The van der Waals surface area contributed by atoms with Crippen LogP contribution in [0.5, 0.6) is 0 Å². The molecule has 9 nitrogen and oxygen atoms in total. The van der Waals surface area contributed by atoms with Gasteiger partial charge in [0.25, 0.3) is 0 Å². The number of carbonyl (C=O) groups excluding carboxylic acids is 1. The molecule has 1 aliphatic rings. The Morgan fingerprint density at radius 3 is 1.50 bits per heavy atom. The van der Waals surface area contributed by atoms with Crippen molar-refractivity contribution >= 4 is 5.91 Å². The molecular weight excluding hydrogens is 586 g/mol. The first-order valence-electron chi connectivity index (χ1n) is 19.2. The Balaban J connectivity index is 2.08. The van der Waals surface area contributed by atoms with Gasteiger partial charge in [0, 0.05) is 6.42 Å². The van der Waals surface area contributed by atoms with E-state index in [1.807, 2.05) is 6.92 Å². The van der Waals surface area contributed by atoms with Gasteiger partial charge in [-0.15, -0.1) is 0 Å². The van der Waals surface area contributed by atoms with Crippen LogP contribution in [0.3, 0.4) is 0 Å². The summed E-state index contributed by atoms with van der Waals surface area (Å²) in [7, 11) is 0. The fourth-order valence-electron chi connectivity index (χ4n) is 6.32. The molecule has 1 amide bonds. The summed E-state index contributed by atoms with van der Waals surface area (Å²) in [5.74, 6) is -0.196. The van der Waals surface area contributed by atoms with Crippen molar-refractivity contribution in [2.75, 3.05) is 13.2 Å². The maximum Gasteiger partial charge on any atom is 0.220 e. The highest BCUT2D eigenvalue weighted by Crippen LogP contribution is 2.23. The summed E-state index contributed by atoms with van der Waals surface area (Å²) in [6.07, 6.45) is 22.8. The lowest BCUT2D eigenvalue weighted by atomic mass is 9.99. The number of hydrogen-bond acceptors (Lipinski definition) is 8. The van der Waals surface area contributed by atoms with Crippen molar-refractivity contribution < 1.29 is 39.8 Å². The lowest BCUT2D eigenvalue weighted by Crippen LogP contribution is -2.60.